The molecule has 2 heterocycles. The highest BCUT2D eigenvalue weighted by atomic mass is 35.5. The summed E-state index contributed by atoms with van der Waals surface area (Å²) in [4.78, 5) is 19.8. The molecule has 1 amide bonds. The van der Waals surface area contributed by atoms with Crippen LogP contribution in [0.3, 0.4) is 0 Å². The maximum absolute atomic E-state index is 13.6. The smallest absolute Gasteiger partial charge is 0.240 e. The summed E-state index contributed by atoms with van der Waals surface area (Å²) >= 11 is 6.05. The highest BCUT2D eigenvalue weighted by Gasteiger charge is 2.29. The van der Waals surface area contributed by atoms with Crippen LogP contribution in [0.2, 0.25) is 5.02 Å². The van der Waals surface area contributed by atoms with Crippen molar-refractivity contribution in [1.82, 2.24) is 14.5 Å². The van der Waals surface area contributed by atoms with E-state index in [9.17, 15) is 9.18 Å². The van der Waals surface area contributed by atoms with E-state index < -0.39 is 6.04 Å². The van der Waals surface area contributed by atoms with Crippen molar-refractivity contribution in [2.24, 2.45) is 5.73 Å². The van der Waals surface area contributed by atoms with Gasteiger partial charge in [-0.3, -0.25) is 4.79 Å². The van der Waals surface area contributed by atoms with Gasteiger partial charge in [-0.15, -0.1) is 0 Å². The van der Waals surface area contributed by atoms with Crippen molar-refractivity contribution in [3.05, 3.63) is 101 Å². The molecule has 5 rings (SSSR count). The molecule has 4 aromatic rings. The number of halogens is 2. The minimum Gasteiger partial charge on any atom is -0.340 e. The minimum absolute atomic E-state index is 0.0969. The number of carbonyl (C=O) groups is 1. The third-order valence-electron chi connectivity index (χ3n) is 6.40. The Morgan fingerprint density at radius 1 is 1.06 bits per heavy atom. The van der Waals surface area contributed by atoms with Crippen molar-refractivity contribution >= 4 is 29.0 Å². The first-order valence-electron chi connectivity index (χ1n) is 11.9. The van der Waals surface area contributed by atoms with Gasteiger partial charge in [0.2, 0.25) is 5.91 Å². The van der Waals surface area contributed by atoms with E-state index in [1.165, 1.54) is 17.7 Å². The number of amides is 1. The zero-order valence-corrected chi connectivity index (χ0v) is 20.7. The molecule has 1 aliphatic rings. The van der Waals surface area contributed by atoms with Crippen LogP contribution in [0, 0.1) is 12.7 Å². The van der Waals surface area contributed by atoms with E-state index in [0.717, 1.165) is 28.5 Å². The van der Waals surface area contributed by atoms with Gasteiger partial charge in [-0.2, -0.15) is 0 Å². The second kappa shape index (κ2) is 10.1. The first-order valence-corrected chi connectivity index (χ1v) is 12.2. The van der Waals surface area contributed by atoms with E-state index in [0.29, 0.717) is 36.8 Å². The Morgan fingerprint density at radius 2 is 1.75 bits per heavy atom. The molecule has 0 aliphatic carbocycles. The van der Waals surface area contributed by atoms with Crippen LogP contribution < -0.4 is 11.1 Å². The lowest BCUT2D eigenvalue weighted by Crippen LogP contribution is -2.47. The fourth-order valence-electron chi connectivity index (χ4n) is 4.42. The lowest BCUT2D eigenvalue weighted by atomic mass is 10.0. The Balaban J connectivity index is 1.41. The van der Waals surface area contributed by atoms with E-state index in [1.54, 1.807) is 17.0 Å². The van der Waals surface area contributed by atoms with Crippen molar-refractivity contribution in [3.8, 4) is 11.3 Å². The molecule has 0 saturated carbocycles. The van der Waals surface area contributed by atoms with Crippen LogP contribution >= 0.6 is 11.6 Å². The van der Waals surface area contributed by atoms with Crippen molar-refractivity contribution in [3.63, 3.8) is 0 Å². The number of imidazole rings is 1. The Labute approximate surface area is 214 Å². The molecule has 0 spiro atoms. The molecular weight excluding hydrogens is 477 g/mol. The highest BCUT2D eigenvalue weighted by molar-refractivity contribution is 6.30. The van der Waals surface area contributed by atoms with Gasteiger partial charge in [0.25, 0.3) is 0 Å². The molecule has 184 valence electrons. The quantitative estimate of drug-likeness (QED) is 0.374. The number of fused-ring (bicyclic) bond motifs is 1. The van der Waals surface area contributed by atoms with Gasteiger partial charge in [-0.05, 0) is 67.4 Å². The topological polar surface area (TPSA) is 76.2 Å². The number of nitrogens with one attached hydrogen (secondary N) is 1. The first-order chi connectivity index (χ1) is 17.4. The Kier molecular flexibility index (Phi) is 6.76. The summed E-state index contributed by atoms with van der Waals surface area (Å²) in [6.45, 7) is 3.45. The van der Waals surface area contributed by atoms with Crippen LogP contribution in [0.1, 0.15) is 17.0 Å². The number of anilines is 2. The number of aromatic nitrogens is 2. The van der Waals surface area contributed by atoms with Gasteiger partial charge < -0.3 is 20.5 Å². The van der Waals surface area contributed by atoms with E-state index in [1.807, 2.05) is 55.5 Å². The van der Waals surface area contributed by atoms with Crippen LogP contribution in [0.15, 0.2) is 72.8 Å². The largest absolute Gasteiger partial charge is 0.340 e. The maximum atomic E-state index is 13.6. The molecule has 36 heavy (non-hydrogen) atoms. The Hall–Kier alpha value is -3.68. The van der Waals surface area contributed by atoms with Gasteiger partial charge in [-0.25, -0.2) is 9.37 Å². The van der Waals surface area contributed by atoms with Gasteiger partial charge >= 0.3 is 0 Å². The monoisotopic (exact) mass is 503 g/mol. The summed E-state index contributed by atoms with van der Waals surface area (Å²) in [6.07, 6.45) is 0.480. The molecule has 6 nitrogen and oxygen atoms in total. The Morgan fingerprint density at radius 3 is 2.44 bits per heavy atom. The minimum atomic E-state index is -0.627. The normalized spacial score (nSPS) is 13.8. The van der Waals surface area contributed by atoms with Crippen molar-refractivity contribution in [2.75, 3.05) is 11.9 Å². The van der Waals surface area contributed by atoms with E-state index >= 15 is 0 Å². The molecule has 3 N–H and O–H groups in total. The highest BCUT2D eigenvalue weighted by Crippen LogP contribution is 2.33. The van der Waals surface area contributed by atoms with Crippen LogP contribution in [0.25, 0.3) is 11.3 Å². The lowest BCUT2D eigenvalue weighted by Gasteiger charge is -2.30. The number of hydrogen-bond donors (Lipinski definition) is 2. The zero-order valence-electron chi connectivity index (χ0n) is 19.9. The lowest BCUT2D eigenvalue weighted by molar-refractivity contribution is -0.134. The molecule has 0 unspecified atom stereocenters. The van der Waals surface area contributed by atoms with E-state index in [2.05, 4.69) is 9.88 Å². The number of nitrogens with zero attached hydrogens (tertiary/aromatic N) is 3. The summed E-state index contributed by atoms with van der Waals surface area (Å²) < 4.78 is 15.7. The van der Waals surface area contributed by atoms with Gasteiger partial charge in [0.05, 0.1) is 12.6 Å². The number of benzene rings is 3. The second-order valence-electron chi connectivity index (χ2n) is 9.07. The first kappa shape index (κ1) is 24.0. The van der Waals surface area contributed by atoms with Crippen LogP contribution in [-0.2, 0) is 24.3 Å². The van der Waals surface area contributed by atoms with Crippen LogP contribution in [0.5, 0.6) is 0 Å². The molecule has 0 bridgehead atoms. The number of aryl methyl sites for hydroxylation is 1. The van der Waals surface area contributed by atoms with Gasteiger partial charge in [0.15, 0.2) is 0 Å². The summed E-state index contributed by atoms with van der Waals surface area (Å²) in [7, 11) is 0. The molecular formula is C28H27ClFN5O. The number of carbonyl (C=O) groups excluding carboxylic acids is 1. The number of nitrogens with two attached hydrogens (primary N) is 1. The molecule has 0 radical (unpaired) electrons. The second-order valence-corrected chi connectivity index (χ2v) is 9.51. The van der Waals surface area contributed by atoms with E-state index in [4.69, 9.17) is 22.3 Å². The van der Waals surface area contributed by atoms with Crippen molar-refractivity contribution < 1.29 is 9.18 Å². The number of rotatable bonds is 6. The van der Waals surface area contributed by atoms with Crippen LogP contribution in [-0.4, -0.2) is 32.9 Å². The number of hydrogen-bond acceptors (Lipinski definition) is 4. The third-order valence-corrected chi connectivity index (χ3v) is 6.65. The fraction of sp³-hybridized carbons (Fsp3) is 0.214. The summed E-state index contributed by atoms with van der Waals surface area (Å²) in [5, 5.41) is 4.09. The zero-order chi connectivity index (χ0) is 25.2. The molecule has 0 fully saturated rings. The fourth-order valence-corrected chi connectivity index (χ4v) is 4.55. The third kappa shape index (κ3) is 5.12. The summed E-state index contributed by atoms with van der Waals surface area (Å²) in [6, 6.07) is 21.1. The summed E-state index contributed by atoms with van der Waals surface area (Å²) in [5.41, 5.74) is 10.8. The van der Waals surface area contributed by atoms with E-state index in [-0.39, 0.29) is 11.7 Å². The van der Waals surface area contributed by atoms with Crippen molar-refractivity contribution in [1.29, 1.82) is 0 Å². The molecule has 3 aromatic carbocycles. The predicted octanol–water partition coefficient (Wildman–Crippen LogP) is 5.31. The molecule has 1 aromatic heterocycles. The SMILES string of the molecule is Cc1ccc(C[C@H](N)C(=O)N2CCn3c(nc(-c4ccc(F)cc4)c3Nc3ccc(Cl)cc3)C2)cc1. The van der Waals surface area contributed by atoms with Crippen molar-refractivity contribution in [2.45, 2.75) is 32.5 Å². The average Bonchev–Trinajstić information content (AvgIpc) is 3.24. The molecule has 8 heteroatoms. The summed E-state index contributed by atoms with van der Waals surface area (Å²) in [5.74, 6) is 1.12. The standard InChI is InChI=1S/C28H27ClFN5O/c1-18-2-4-19(5-3-18)16-24(31)28(36)34-14-15-35-25(17-34)33-26(20-6-10-22(30)11-7-20)27(35)32-23-12-8-21(29)9-13-23/h2-13,24,32H,14-17,31H2,1H3/t24-/m0/s1. The Bertz CT molecular complexity index is 1370. The molecule has 0 saturated heterocycles. The van der Waals surface area contributed by atoms with Gasteiger partial charge in [0.1, 0.15) is 23.2 Å². The van der Waals surface area contributed by atoms with Crippen LogP contribution in [0.4, 0.5) is 15.9 Å². The predicted molar refractivity (Wildman–Crippen MR) is 141 cm³/mol. The maximum Gasteiger partial charge on any atom is 0.240 e. The van der Waals surface area contributed by atoms with Gasteiger partial charge in [-0.1, -0.05) is 41.4 Å². The average molecular weight is 504 g/mol. The van der Waals surface area contributed by atoms with Gasteiger partial charge in [0, 0.05) is 29.4 Å². The molecule has 1 aliphatic heterocycles. The molecule has 1 atom stereocenters.